The van der Waals surface area contributed by atoms with Gasteiger partial charge < -0.3 is 14.2 Å². The largest absolute Gasteiger partial charge is 0.465 e. The van der Waals surface area contributed by atoms with Crippen molar-refractivity contribution in [3.05, 3.63) is 60.3 Å². The summed E-state index contributed by atoms with van der Waals surface area (Å²) in [6.07, 6.45) is 7.03. The zero-order valence-electron chi connectivity index (χ0n) is 16.0. The van der Waals surface area contributed by atoms with Crippen LogP contribution in [0.3, 0.4) is 0 Å². The monoisotopic (exact) mass is 383 g/mol. The average Bonchev–Trinajstić information content (AvgIpc) is 3.26. The maximum absolute atomic E-state index is 14.0. The second kappa shape index (κ2) is 8.61. The molecule has 0 N–H and O–H groups in total. The molecule has 0 bridgehead atoms. The van der Waals surface area contributed by atoms with Gasteiger partial charge in [0.2, 0.25) is 5.91 Å². The zero-order valence-corrected chi connectivity index (χ0v) is 16.0. The van der Waals surface area contributed by atoms with Crippen LogP contribution in [-0.2, 0) is 4.79 Å². The standard InChI is InChI=1S/C22H26FN3O2/c23-20-7-1-2-8-21(20)25-14-12-24(13-15-25)18-5-3-11-26(17-18)22(27)10-9-19-6-4-16-28-19/h1-2,4,6-10,16,18H,3,5,11-15,17H2. The lowest BCUT2D eigenvalue weighted by molar-refractivity contribution is -0.128. The third-order valence-corrected chi connectivity index (χ3v) is 5.67. The van der Waals surface area contributed by atoms with E-state index in [1.165, 1.54) is 6.07 Å². The minimum Gasteiger partial charge on any atom is -0.465 e. The van der Waals surface area contributed by atoms with Crippen LogP contribution in [0.25, 0.3) is 6.08 Å². The fourth-order valence-corrected chi connectivity index (χ4v) is 4.13. The van der Waals surface area contributed by atoms with Crippen molar-refractivity contribution in [2.24, 2.45) is 0 Å². The molecule has 2 aliphatic rings. The van der Waals surface area contributed by atoms with E-state index in [2.05, 4.69) is 9.80 Å². The molecular formula is C22H26FN3O2. The smallest absolute Gasteiger partial charge is 0.246 e. The molecule has 0 radical (unpaired) electrons. The Morgan fingerprint density at radius 1 is 1.07 bits per heavy atom. The van der Waals surface area contributed by atoms with Crippen LogP contribution in [-0.4, -0.2) is 61.0 Å². The van der Waals surface area contributed by atoms with Crippen LogP contribution in [0.2, 0.25) is 0 Å². The number of anilines is 1. The van der Waals surface area contributed by atoms with E-state index in [0.29, 0.717) is 17.5 Å². The summed E-state index contributed by atoms with van der Waals surface area (Å²) < 4.78 is 19.3. The molecule has 6 heteroatoms. The van der Waals surface area contributed by atoms with E-state index in [1.807, 2.05) is 29.2 Å². The summed E-state index contributed by atoms with van der Waals surface area (Å²) in [7, 11) is 0. The number of likely N-dealkylation sites (tertiary alicyclic amines) is 1. The topological polar surface area (TPSA) is 39.9 Å². The van der Waals surface area contributed by atoms with E-state index < -0.39 is 0 Å². The molecule has 3 heterocycles. The molecule has 2 saturated heterocycles. The molecule has 1 aromatic carbocycles. The summed E-state index contributed by atoms with van der Waals surface area (Å²) >= 11 is 0. The summed E-state index contributed by atoms with van der Waals surface area (Å²) in [6.45, 7) is 4.95. The minimum atomic E-state index is -0.159. The number of hydrogen-bond acceptors (Lipinski definition) is 4. The van der Waals surface area contributed by atoms with Crippen LogP contribution in [0.4, 0.5) is 10.1 Å². The number of benzene rings is 1. The lowest BCUT2D eigenvalue weighted by atomic mass is 10.0. The van der Waals surface area contributed by atoms with E-state index in [4.69, 9.17) is 4.42 Å². The number of piperazine rings is 1. The van der Waals surface area contributed by atoms with Gasteiger partial charge in [-0.25, -0.2) is 4.39 Å². The summed E-state index contributed by atoms with van der Waals surface area (Å²) in [5.41, 5.74) is 0.686. The van der Waals surface area contributed by atoms with Crippen LogP contribution >= 0.6 is 0 Å². The molecule has 1 unspecified atom stereocenters. The van der Waals surface area contributed by atoms with Gasteiger partial charge in [0, 0.05) is 51.4 Å². The predicted octanol–water partition coefficient (Wildman–Crippen LogP) is 3.25. The highest BCUT2D eigenvalue weighted by Gasteiger charge is 2.29. The van der Waals surface area contributed by atoms with Gasteiger partial charge in [-0.1, -0.05) is 12.1 Å². The number of furan rings is 1. The zero-order chi connectivity index (χ0) is 19.3. The Bertz CT molecular complexity index is 813. The molecule has 2 aliphatic heterocycles. The first-order valence-electron chi connectivity index (χ1n) is 9.95. The van der Waals surface area contributed by atoms with Gasteiger partial charge in [0.25, 0.3) is 0 Å². The van der Waals surface area contributed by atoms with Gasteiger partial charge in [0.05, 0.1) is 12.0 Å². The molecule has 28 heavy (non-hydrogen) atoms. The van der Waals surface area contributed by atoms with Crippen LogP contribution in [0.15, 0.2) is 53.2 Å². The Labute approximate surface area is 165 Å². The maximum Gasteiger partial charge on any atom is 0.246 e. The number of hydrogen-bond donors (Lipinski definition) is 0. The number of nitrogens with zero attached hydrogens (tertiary/aromatic N) is 3. The van der Waals surface area contributed by atoms with Crippen molar-refractivity contribution < 1.29 is 13.6 Å². The number of para-hydroxylation sites is 1. The van der Waals surface area contributed by atoms with Crippen LogP contribution in [0, 0.1) is 5.82 Å². The Morgan fingerprint density at radius 2 is 1.89 bits per heavy atom. The van der Waals surface area contributed by atoms with Crippen molar-refractivity contribution in [2.45, 2.75) is 18.9 Å². The van der Waals surface area contributed by atoms with E-state index in [1.54, 1.807) is 24.5 Å². The molecule has 2 aromatic rings. The van der Waals surface area contributed by atoms with Crippen LogP contribution in [0.1, 0.15) is 18.6 Å². The number of piperidine rings is 1. The summed E-state index contributed by atoms with van der Waals surface area (Å²) in [6, 6.07) is 11.0. The van der Waals surface area contributed by atoms with Gasteiger partial charge in [-0.2, -0.15) is 0 Å². The van der Waals surface area contributed by atoms with E-state index >= 15 is 0 Å². The lowest BCUT2D eigenvalue weighted by Gasteiger charge is -2.43. The molecule has 0 saturated carbocycles. The first-order chi connectivity index (χ1) is 13.7. The molecule has 4 rings (SSSR count). The highest BCUT2D eigenvalue weighted by atomic mass is 19.1. The Hall–Kier alpha value is -2.60. The molecule has 1 atom stereocenters. The third-order valence-electron chi connectivity index (χ3n) is 5.67. The fourth-order valence-electron chi connectivity index (χ4n) is 4.13. The number of carbonyl (C=O) groups excluding carboxylic acids is 1. The molecule has 0 aliphatic carbocycles. The SMILES string of the molecule is O=C(C=Cc1ccco1)N1CCCC(N2CCN(c3ccccc3F)CC2)C1. The van der Waals surface area contributed by atoms with Crippen molar-refractivity contribution >= 4 is 17.7 Å². The van der Waals surface area contributed by atoms with Gasteiger partial charge in [-0.05, 0) is 43.2 Å². The van der Waals surface area contributed by atoms with Gasteiger partial charge in [-0.3, -0.25) is 9.69 Å². The van der Waals surface area contributed by atoms with E-state index in [-0.39, 0.29) is 11.7 Å². The molecule has 0 spiro atoms. The molecule has 1 amide bonds. The second-order valence-electron chi connectivity index (χ2n) is 7.40. The normalized spacial score (nSPS) is 21.4. The average molecular weight is 383 g/mol. The third kappa shape index (κ3) is 4.28. The Kier molecular flexibility index (Phi) is 5.76. The fraction of sp³-hybridized carbons (Fsp3) is 0.409. The minimum absolute atomic E-state index is 0.0334. The lowest BCUT2D eigenvalue weighted by Crippen LogP contribution is -2.55. The van der Waals surface area contributed by atoms with Crippen molar-refractivity contribution in [2.75, 3.05) is 44.2 Å². The number of carbonyl (C=O) groups is 1. The number of rotatable bonds is 4. The summed E-state index contributed by atoms with van der Waals surface area (Å²) in [5.74, 6) is 0.561. The Morgan fingerprint density at radius 3 is 2.64 bits per heavy atom. The first-order valence-corrected chi connectivity index (χ1v) is 9.95. The van der Waals surface area contributed by atoms with Crippen LogP contribution < -0.4 is 4.90 Å². The number of amides is 1. The van der Waals surface area contributed by atoms with Crippen molar-refractivity contribution in [1.82, 2.24) is 9.80 Å². The molecule has 1 aromatic heterocycles. The van der Waals surface area contributed by atoms with E-state index in [0.717, 1.165) is 52.1 Å². The molecule has 5 nitrogen and oxygen atoms in total. The van der Waals surface area contributed by atoms with Gasteiger partial charge in [0.15, 0.2) is 0 Å². The first kappa shape index (κ1) is 18.7. The van der Waals surface area contributed by atoms with Crippen molar-refractivity contribution in [1.29, 1.82) is 0 Å². The van der Waals surface area contributed by atoms with Gasteiger partial charge in [-0.15, -0.1) is 0 Å². The van der Waals surface area contributed by atoms with Gasteiger partial charge in [0.1, 0.15) is 11.6 Å². The Balaban J connectivity index is 1.31. The van der Waals surface area contributed by atoms with Crippen LogP contribution in [0.5, 0.6) is 0 Å². The molecular weight excluding hydrogens is 357 g/mol. The van der Waals surface area contributed by atoms with Crippen molar-refractivity contribution in [3.8, 4) is 0 Å². The summed E-state index contributed by atoms with van der Waals surface area (Å²) in [4.78, 5) is 19.0. The summed E-state index contributed by atoms with van der Waals surface area (Å²) in [5, 5.41) is 0. The highest BCUT2D eigenvalue weighted by Crippen LogP contribution is 2.23. The quantitative estimate of drug-likeness (QED) is 0.760. The van der Waals surface area contributed by atoms with Gasteiger partial charge >= 0.3 is 0 Å². The van der Waals surface area contributed by atoms with Crippen molar-refractivity contribution in [3.63, 3.8) is 0 Å². The molecule has 148 valence electrons. The predicted molar refractivity (Wildman–Crippen MR) is 108 cm³/mol. The molecule has 2 fully saturated rings. The second-order valence-corrected chi connectivity index (χ2v) is 7.40. The maximum atomic E-state index is 14.0. The van der Waals surface area contributed by atoms with E-state index in [9.17, 15) is 9.18 Å². The number of halogens is 1. The highest BCUT2D eigenvalue weighted by molar-refractivity contribution is 5.91.